The summed E-state index contributed by atoms with van der Waals surface area (Å²) >= 11 is 4.38. The fraction of sp³-hybridized carbons (Fsp3) is 0.125. The largest absolute Gasteiger partial charge is 0.550 e. The van der Waals surface area contributed by atoms with E-state index in [0.29, 0.717) is 11.5 Å². The first-order valence-corrected chi connectivity index (χ1v) is 8.83. The maximum absolute atomic E-state index is 11.6. The molecule has 1 atom stereocenters. The Labute approximate surface area is 155 Å². The van der Waals surface area contributed by atoms with Gasteiger partial charge in [-0.3, -0.25) is 4.79 Å². The second-order valence-electron chi connectivity index (χ2n) is 5.03. The third-order valence-electron chi connectivity index (χ3n) is 3.22. The molecule has 25 heavy (non-hydrogen) atoms. The number of carboxylic acids is 1. The minimum atomic E-state index is -1.28. The number of amides is 1. The summed E-state index contributed by atoms with van der Waals surface area (Å²) in [5, 5.41) is 20.2. The number of benzene rings is 1. The lowest BCUT2D eigenvalue weighted by atomic mass is 10.2. The van der Waals surface area contributed by atoms with E-state index in [2.05, 4.69) is 31.4 Å². The maximum atomic E-state index is 11.6. The summed E-state index contributed by atoms with van der Waals surface area (Å²) in [7, 11) is 0. The first kappa shape index (κ1) is 17.4. The zero-order chi connectivity index (χ0) is 17.8. The molecule has 1 aromatic carbocycles. The van der Waals surface area contributed by atoms with Gasteiger partial charge in [-0.25, -0.2) is 0 Å². The van der Waals surface area contributed by atoms with E-state index in [0.717, 1.165) is 21.8 Å². The average molecular weight is 421 g/mol. The average Bonchev–Trinajstić information content (AvgIpc) is 3.15. The molecule has 1 fully saturated rings. The van der Waals surface area contributed by atoms with Gasteiger partial charge in [-0.05, 0) is 24.3 Å². The number of carbonyl (C=O) groups is 2. The van der Waals surface area contributed by atoms with Crippen LogP contribution in [0, 0.1) is 0 Å². The summed E-state index contributed by atoms with van der Waals surface area (Å²) < 4.78 is 6.64. The van der Waals surface area contributed by atoms with Gasteiger partial charge >= 0.3 is 0 Å². The van der Waals surface area contributed by atoms with Crippen molar-refractivity contribution < 1.29 is 19.1 Å². The standard InChI is InChI=1S/C16H12BrN3O4S/c17-10-3-1-9(2-4-10)12-6-5-11(24-12)8-18-20-16-19-15(23)13(25-16)7-14(21)22/h1-6,8,13H,7H2,(H,21,22)(H,19,20,23)/p-1/b18-8-/t13-/m0/s1. The highest BCUT2D eigenvalue weighted by atomic mass is 79.9. The number of aliphatic carboxylic acids is 1. The molecule has 0 bridgehead atoms. The molecule has 1 amide bonds. The van der Waals surface area contributed by atoms with Crippen molar-refractivity contribution in [1.29, 1.82) is 0 Å². The van der Waals surface area contributed by atoms with Crippen LogP contribution in [0.3, 0.4) is 0 Å². The minimum absolute atomic E-state index is 0.243. The first-order chi connectivity index (χ1) is 12.0. The zero-order valence-electron chi connectivity index (χ0n) is 12.6. The van der Waals surface area contributed by atoms with Crippen molar-refractivity contribution in [3.63, 3.8) is 0 Å². The van der Waals surface area contributed by atoms with Crippen molar-refractivity contribution in [2.75, 3.05) is 0 Å². The summed E-state index contributed by atoms with van der Waals surface area (Å²) in [5.41, 5.74) is 0.929. The van der Waals surface area contributed by atoms with Crippen LogP contribution in [0.4, 0.5) is 0 Å². The van der Waals surface area contributed by atoms with E-state index in [9.17, 15) is 14.7 Å². The van der Waals surface area contributed by atoms with Crippen LogP contribution < -0.4 is 10.4 Å². The van der Waals surface area contributed by atoms with Crippen LogP contribution in [-0.2, 0) is 9.59 Å². The summed E-state index contributed by atoms with van der Waals surface area (Å²) in [6.45, 7) is 0. The molecule has 2 heterocycles. The van der Waals surface area contributed by atoms with E-state index in [-0.39, 0.29) is 11.6 Å². The van der Waals surface area contributed by atoms with Gasteiger partial charge in [0.05, 0.1) is 11.5 Å². The highest BCUT2D eigenvalue weighted by molar-refractivity contribution is 9.10. The van der Waals surface area contributed by atoms with Crippen LogP contribution >= 0.6 is 27.7 Å². The highest BCUT2D eigenvalue weighted by Crippen LogP contribution is 2.24. The van der Waals surface area contributed by atoms with Gasteiger partial charge in [-0.15, -0.1) is 5.10 Å². The number of hydrogen-bond donors (Lipinski definition) is 1. The van der Waals surface area contributed by atoms with Crippen LogP contribution in [0.5, 0.6) is 0 Å². The van der Waals surface area contributed by atoms with Crippen molar-refractivity contribution in [2.24, 2.45) is 10.2 Å². The quantitative estimate of drug-likeness (QED) is 0.585. The number of amidine groups is 1. The molecule has 1 N–H and O–H groups in total. The van der Waals surface area contributed by atoms with Crippen LogP contribution in [0.25, 0.3) is 11.3 Å². The van der Waals surface area contributed by atoms with Crippen molar-refractivity contribution in [1.82, 2.24) is 5.32 Å². The van der Waals surface area contributed by atoms with Gasteiger partial charge in [-0.2, -0.15) is 5.10 Å². The number of rotatable bonds is 5. The summed E-state index contributed by atoms with van der Waals surface area (Å²) in [5.74, 6) is -0.505. The molecule has 1 aliphatic heterocycles. The van der Waals surface area contributed by atoms with Gasteiger partial charge in [0.15, 0.2) is 5.17 Å². The Hall–Kier alpha value is -2.39. The molecule has 0 spiro atoms. The van der Waals surface area contributed by atoms with E-state index in [1.165, 1.54) is 6.21 Å². The first-order valence-electron chi connectivity index (χ1n) is 7.15. The number of nitrogens with zero attached hydrogens (tertiary/aromatic N) is 2. The highest BCUT2D eigenvalue weighted by Gasteiger charge is 2.30. The molecule has 9 heteroatoms. The van der Waals surface area contributed by atoms with Gasteiger partial charge < -0.3 is 19.6 Å². The van der Waals surface area contributed by atoms with E-state index < -0.39 is 17.1 Å². The fourth-order valence-corrected chi connectivity index (χ4v) is 3.24. The van der Waals surface area contributed by atoms with Crippen LogP contribution in [0.2, 0.25) is 0 Å². The Morgan fingerprint density at radius 1 is 1.32 bits per heavy atom. The molecule has 7 nitrogen and oxygen atoms in total. The van der Waals surface area contributed by atoms with Crippen LogP contribution in [0.15, 0.2) is 55.5 Å². The predicted molar refractivity (Wildman–Crippen MR) is 96.0 cm³/mol. The molecular weight excluding hydrogens is 410 g/mol. The molecule has 3 rings (SSSR count). The minimum Gasteiger partial charge on any atom is -0.550 e. The lowest BCUT2D eigenvalue weighted by molar-refractivity contribution is -0.305. The molecule has 0 aliphatic carbocycles. The summed E-state index contributed by atoms with van der Waals surface area (Å²) in [6.07, 6.45) is 1.04. The van der Waals surface area contributed by atoms with Gasteiger partial charge in [0.25, 0.3) is 0 Å². The third-order valence-corrected chi connectivity index (χ3v) is 4.82. The van der Waals surface area contributed by atoms with E-state index in [4.69, 9.17) is 4.42 Å². The van der Waals surface area contributed by atoms with Gasteiger partial charge in [0.1, 0.15) is 11.5 Å². The van der Waals surface area contributed by atoms with Crippen molar-refractivity contribution in [3.05, 3.63) is 46.6 Å². The lowest BCUT2D eigenvalue weighted by Gasteiger charge is -2.04. The second kappa shape index (κ2) is 7.66. The van der Waals surface area contributed by atoms with Gasteiger partial charge in [-0.1, -0.05) is 39.8 Å². The van der Waals surface area contributed by atoms with Crippen LogP contribution in [0.1, 0.15) is 12.2 Å². The van der Waals surface area contributed by atoms with Gasteiger partial charge in [0.2, 0.25) is 5.91 Å². The van der Waals surface area contributed by atoms with Crippen LogP contribution in [-0.4, -0.2) is 28.5 Å². The van der Waals surface area contributed by atoms with Crippen molar-refractivity contribution in [2.45, 2.75) is 11.7 Å². The Morgan fingerprint density at radius 2 is 2.08 bits per heavy atom. The monoisotopic (exact) mass is 420 g/mol. The van der Waals surface area contributed by atoms with E-state index in [1.54, 1.807) is 6.07 Å². The second-order valence-corrected chi connectivity index (χ2v) is 7.14. The molecule has 128 valence electrons. The number of hydrogen-bond acceptors (Lipinski definition) is 7. The fourth-order valence-electron chi connectivity index (χ4n) is 2.07. The number of halogens is 1. The number of furan rings is 1. The number of nitrogens with one attached hydrogen (secondary N) is 1. The SMILES string of the molecule is O=C([O-])C[C@@H]1S/C(=N\N=C/c2ccc(-c3ccc(Br)cc3)o2)NC1=O. The molecule has 1 aliphatic rings. The van der Waals surface area contributed by atoms with Crippen molar-refractivity contribution >= 4 is 51.0 Å². The Bertz CT molecular complexity index is 861. The maximum Gasteiger partial charge on any atom is 0.239 e. The summed E-state index contributed by atoms with van der Waals surface area (Å²) in [4.78, 5) is 22.1. The zero-order valence-corrected chi connectivity index (χ0v) is 15.0. The number of carbonyl (C=O) groups excluding carboxylic acids is 2. The predicted octanol–water partition coefficient (Wildman–Crippen LogP) is 1.77. The molecule has 0 unspecified atom stereocenters. The topological polar surface area (TPSA) is 107 Å². The molecule has 0 radical (unpaired) electrons. The molecule has 1 saturated heterocycles. The number of carboxylic acid groups (broad SMARTS) is 1. The Kier molecular flexibility index (Phi) is 5.34. The van der Waals surface area contributed by atoms with E-state index >= 15 is 0 Å². The summed E-state index contributed by atoms with van der Waals surface area (Å²) in [6, 6.07) is 11.2. The Morgan fingerprint density at radius 3 is 2.80 bits per heavy atom. The number of thioether (sulfide) groups is 1. The molecule has 0 saturated carbocycles. The third kappa shape index (κ3) is 4.58. The smallest absolute Gasteiger partial charge is 0.239 e. The molecule has 2 aromatic rings. The molecule has 1 aromatic heterocycles. The van der Waals surface area contributed by atoms with Crippen molar-refractivity contribution in [3.8, 4) is 11.3 Å². The van der Waals surface area contributed by atoms with E-state index in [1.807, 2.05) is 30.3 Å². The van der Waals surface area contributed by atoms with Gasteiger partial charge in [0, 0.05) is 22.4 Å². The molecular formula is C16H11BrN3O4S-. The lowest BCUT2D eigenvalue weighted by Crippen LogP contribution is -2.31. The normalized spacial score (nSPS) is 18.8. The Balaban J connectivity index is 1.64.